The topological polar surface area (TPSA) is 79.0 Å². The number of hydrogen-bond acceptors (Lipinski definition) is 4. The normalized spacial score (nSPS) is 16.2. The predicted octanol–water partition coefficient (Wildman–Crippen LogP) is 3.82. The van der Waals surface area contributed by atoms with Crippen LogP contribution in [0.3, 0.4) is 0 Å². The molecule has 6 heteroatoms. The van der Waals surface area contributed by atoms with Gasteiger partial charge in [0.25, 0.3) is 0 Å². The molecule has 3 rings (SSSR count). The summed E-state index contributed by atoms with van der Waals surface area (Å²) in [4.78, 5) is 4.65. The molecule has 1 atom stereocenters. The van der Waals surface area contributed by atoms with E-state index in [4.69, 9.17) is 9.15 Å². The molecule has 0 saturated heterocycles. The van der Waals surface area contributed by atoms with Crippen LogP contribution in [-0.2, 0) is 6.42 Å². The van der Waals surface area contributed by atoms with E-state index >= 15 is 0 Å². The Morgan fingerprint density at radius 3 is 2.79 bits per heavy atom. The van der Waals surface area contributed by atoms with Gasteiger partial charge in [-0.1, -0.05) is 25.0 Å². The van der Waals surface area contributed by atoms with Crippen molar-refractivity contribution >= 4 is 5.96 Å². The summed E-state index contributed by atoms with van der Waals surface area (Å²) in [5, 5.41) is 17.5. The monoisotopic (exact) mass is 399 g/mol. The molecule has 29 heavy (non-hydrogen) atoms. The molecule has 2 aromatic rings. The molecule has 0 radical (unpaired) electrons. The Kier molecular flexibility index (Phi) is 7.99. The third-order valence-corrected chi connectivity index (χ3v) is 4.98. The summed E-state index contributed by atoms with van der Waals surface area (Å²) in [6.07, 6.45) is 6.72. The molecule has 1 fully saturated rings. The molecule has 1 aliphatic rings. The molecule has 0 bridgehead atoms. The number of rotatable bonds is 9. The van der Waals surface area contributed by atoms with Crippen molar-refractivity contribution in [1.29, 1.82) is 0 Å². The highest BCUT2D eigenvalue weighted by atomic mass is 16.5. The fourth-order valence-corrected chi connectivity index (χ4v) is 3.53. The number of ether oxygens (including phenoxy) is 1. The SMILES string of the molecule is CC(C)Oc1cccc(C(O)CN=C(NCCc2ccco2)NC2CCCC2)c1. The maximum atomic E-state index is 10.6. The van der Waals surface area contributed by atoms with E-state index in [0.29, 0.717) is 6.04 Å². The highest BCUT2D eigenvalue weighted by Gasteiger charge is 2.17. The number of furan rings is 1. The van der Waals surface area contributed by atoms with E-state index in [-0.39, 0.29) is 12.6 Å². The summed E-state index contributed by atoms with van der Waals surface area (Å²) < 4.78 is 11.1. The smallest absolute Gasteiger partial charge is 0.191 e. The molecule has 1 heterocycles. The molecule has 1 unspecified atom stereocenters. The average Bonchev–Trinajstić information content (AvgIpc) is 3.39. The zero-order valence-electron chi connectivity index (χ0n) is 17.4. The number of hydrogen-bond donors (Lipinski definition) is 3. The van der Waals surface area contributed by atoms with Crippen LogP contribution in [0.2, 0.25) is 0 Å². The highest BCUT2D eigenvalue weighted by Crippen LogP contribution is 2.21. The van der Waals surface area contributed by atoms with Gasteiger partial charge in [0.1, 0.15) is 11.5 Å². The molecule has 0 amide bonds. The van der Waals surface area contributed by atoms with Crippen LogP contribution < -0.4 is 15.4 Å². The lowest BCUT2D eigenvalue weighted by Crippen LogP contribution is -2.43. The Balaban J connectivity index is 1.59. The first kappa shape index (κ1) is 21.2. The second-order valence-electron chi connectivity index (χ2n) is 7.83. The van der Waals surface area contributed by atoms with Crippen LogP contribution in [0.25, 0.3) is 0 Å². The van der Waals surface area contributed by atoms with Gasteiger partial charge >= 0.3 is 0 Å². The standard InChI is InChI=1S/C23H33N3O3/c1-17(2)29-21-10-5-7-18(15-21)22(27)16-25-23(26-19-8-3-4-9-19)24-13-12-20-11-6-14-28-20/h5-7,10-11,14-15,17,19,22,27H,3-4,8-9,12-13,16H2,1-2H3,(H2,24,25,26). The summed E-state index contributed by atoms with van der Waals surface area (Å²) in [6, 6.07) is 11.9. The third kappa shape index (κ3) is 7.13. The summed E-state index contributed by atoms with van der Waals surface area (Å²) in [5.74, 6) is 2.46. The fraction of sp³-hybridized carbons (Fsp3) is 0.522. The van der Waals surface area contributed by atoms with Crippen LogP contribution in [-0.4, -0.2) is 36.3 Å². The molecule has 1 saturated carbocycles. The first-order valence-electron chi connectivity index (χ1n) is 10.6. The summed E-state index contributed by atoms with van der Waals surface area (Å²) in [5.41, 5.74) is 0.808. The van der Waals surface area contributed by atoms with Crippen molar-refractivity contribution in [1.82, 2.24) is 10.6 Å². The van der Waals surface area contributed by atoms with E-state index in [1.165, 1.54) is 12.8 Å². The second-order valence-corrected chi connectivity index (χ2v) is 7.83. The van der Waals surface area contributed by atoms with Gasteiger partial charge < -0.3 is 24.9 Å². The molecule has 158 valence electrons. The van der Waals surface area contributed by atoms with E-state index in [2.05, 4.69) is 15.6 Å². The minimum Gasteiger partial charge on any atom is -0.491 e. The van der Waals surface area contributed by atoms with Crippen molar-refractivity contribution < 1.29 is 14.3 Å². The van der Waals surface area contributed by atoms with Crippen molar-refractivity contribution in [2.45, 2.75) is 64.2 Å². The van der Waals surface area contributed by atoms with E-state index < -0.39 is 6.10 Å². The minimum absolute atomic E-state index is 0.0981. The first-order chi connectivity index (χ1) is 14.1. The summed E-state index contributed by atoms with van der Waals surface area (Å²) >= 11 is 0. The van der Waals surface area contributed by atoms with Crippen LogP contribution in [0, 0.1) is 0 Å². The van der Waals surface area contributed by atoms with Crippen molar-refractivity contribution in [3.8, 4) is 5.75 Å². The number of benzene rings is 1. The Morgan fingerprint density at radius 1 is 1.24 bits per heavy atom. The average molecular weight is 400 g/mol. The fourth-order valence-electron chi connectivity index (χ4n) is 3.53. The number of guanidine groups is 1. The minimum atomic E-state index is -0.682. The molecular formula is C23H33N3O3. The molecule has 1 aliphatic carbocycles. The Bertz CT molecular complexity index is 752. The molecule has 1 aromatic heterocycles. The van der Waals surface area contributed by atoms with Gasteiger partial charge in [-0.05, 0) is 56.5 Å². The van der Waals surface area contributed by atoms with Crippen molar-refractivity contribution in [2.24, 2.45) is 4.99 Å². The maximum absolute atomic E-state index is 10.6. The lowest BCUT2D eigenvalue weighted by atomic mass is 10.1. The zero-order chi connectivity index (χ0) is 20.5. The highest BCUT2D eigenvalue weighted by molar-refractivity contribution is 5.80. The van der Waals surface area contributed by atoms with Crippen LogP contribution in [0.15, 0.2) is 52.1 Å². The number of aliphatic hydroxyl groups excluding tert-OH is 1. The molecule has 0 aliphatic heterocycles. The van der Waals surface area contributed by atoms with Crippen molar-refractivity contribution in [3.63, 3.8) is 0 Å². The lowest BCUT2D eigenvalue weighted by molar-refractivity contribution is 0.185. The van der Waals surface area contributed by atoms with Crippen LogP contribution >= 0.6 is 0 Å². The van der Waals surface area contributed by atoms with Gasteiger partial charge in [0.15, 0.2) is 5.96 Å². The largest absolute Gasteiger partial charge is 0.491 e. The molecule has 3 N–H and O–H groups in total. The van der Waals surface area contributed by atoms with Gasteiger partial charge in [-0.25, -0.2) is 0 Å². The van der Waals surface area contributed by atoms with Gasteiger partial charge in [-0.3, -0.25) is 4.99 Å². The number of nitrogens with zero attached hydrogens (tertiary/aromatic N) is 1. The quantitative estimate of drug-likeness (QED) is 0.441. The van der Waals surface area contributed by atoms with E-state index in [1.807, 2.05) is 50.2 Å². The van der Waals surface area contributed by atoms with Crippen LogP contribution in [0.1, 0.15) is 57.0 Å². The zero-order valence-corrected chi connectivity index (χ0v) is 17.4. The van der Waals surface area contributed by atoms with Gasteiger partial charge in [-0.2, -0.15) is 0 Å². The molecule has 0 spiro atoms. The maximum Gasteiger partial charge on any atom is 0.191 e. The van der Waals surface area contributed by atoms with Gasteiger partial charge in [0.05, 0.1) is 25.0 Å². The van der Waals surface area contributed by atoms with E-state index in [1.54, 1.807) is 6.26 Å². The van der Waals surface area contributed by atoms with Gasteiger partial charge in [0.2, 0.25) is 0 Å². The van der Waals surface area contributed by atoms with E-state index in [0.717, 1.165) is 48.8 Å². The summed E-state index contributed by atoms with van der Waals surface area (Å²) in [7, 11) is 0. The second kappa shape index (κ2) is 10.9. The van der Waals surface area contributed by atoms with Crippen LogP contribution in [0.4, 0.5) is 0 Å². The number of aliphatic imine (C=N–C) groups is 1. The Hall–Kier alpha value is -2.47. The Morgan fingerprint density at radius 2 is 2.07 bits per heavy atom. The van der Waals surface area contributed by atoms with Crippen LogP contribution in [0.5, 0.6) is 5.75 Å². The molecule has 1 aromatic carbocycles. The van der Waals surface area contributed by atoms with Gasteiger partial charge in [-0.15, -0.1) is 0 Å². The number of aliphatic hydroxyl groups is 1. The van der Waals surface area contributed by atoms with E-state index in [9.17, 15) is 5.11 Å². The van der Waals surface area contributed by atoms with Crippen molar-refractivity contribution in [3.05, 3.63) is 54.0 Å². The first-order valence-corrected chi connectivity index (χ1v) is 10.6. The van der Waals surface area contributed by atoms with Gasteiger partial charge in [0, 0.05) is 19.0 Å². The third-order valence-electron chi connectivity index (χ3n) is 4.98. The van der Waals surface area contributed by atoms with Crippen molar-refractivity contribution in [2.75, 3.05) is 13.1 Å². The predicted molar refractivity (Wildman–Crippen MR) is 115 cm³/mol. The summed E-state index contributed by atoms with van der Waals surface area (Å²) in [6.45, 7) is 4.99. The Labute approximate surface area is 173 Å². The number of nitrogens with one attached hydrogen (secondary N) is 2. The molecular weight excluding hydrogens is 366 g/mol. The lowest BCUT2D eigenvalue weighted by Gasteiger charge is -2.18. The molecule has 6 nitrogen and oxygen atoms in total.